The molecule has 0 aliphatic carbocycles. The molecule has 1 atom stereocenters. The molecule has 2 aromatic carbocycles. The van der Waals surface area contributed by atoms with Crippen LogP contribution in [-0.4, -0.2) is 17.9 Å². The van der Waals surface area contributed by atoms with Crippen molar-refractivity contribution in [3.8, 4) is 5.75 Å². The van der Waals surface area contributed by atoms with E-state index in [1.54, 1.807) is 25.1 Å². The molecular weight excluding hydrogens is 387 g/mol. The van der Waals surface area contributed by atoms with E-state index < -0.39 is 6.10 Å². The van der Waals surface area contributed by atoms with Gasteiger partial charge >= 0.3 is 0 Å². The van der Waals surface area contributed by atoms with Gasteiger partial charge in [-0.3, -0.25) is 9.59 Å². The first-order valence-electron chi connectivity index (χ1n) is 8.66. The van der Waals surface area contributed by atoms with Gasteiger partial charge in [0.1, 0.15) is 5.75 Å². The molecule has 0 saturated carbocycles. The molecule has 0 spiro atoms. The molecule has 0 heterocycles. The summed E-state index contributed by atoms with van der Waals surface area (Å²) in [6.07, 6.45) is 0.549. The second-order valence-corrected chi connectivity index (χ2v) is 6.95. The number of amides is 2. The minimum Gasteiger partial charge on any atom is -0.481 e. The fourth-order valence-electron chi connectivity index (χ4n) is 2.40. The Morgan fingerprint density at radius 1 is 1.11 bits per heavy atom. The van der Waals surface area contributed by atoms with Crippen LogP contribution in [0.1, 0.15) is 32.3 Å². The molecule has 27 heavy (non-hydrogen) atoms. The molecule has 1 unspecified atom stereocenters. The number of hydrogen-bond acceptors (Lipinski definition) is 3. The van der Waals surface area contributed by atoms with Gasteiger partial charge in [0.25, 0.3) is 5.91 Å². The van der Waals surface area contributed by atoms with Crippen molar-refractivity contribution in [3.05, 3.63) is 58.1 Å². The Kier molecular flexibility index (Phi) is 7.95. The van der Waals surface area contributed by atoms with Crippen LogP contribution in [0.4, 0.5) is 5.69 Å². The maximum Gasteiger partial charge on any atom is 0.261 e. The Hall–Kier alpha value is -2.24. The topological polar surface area (TPSA) is 67.4 Å². The predicted octanol–water partition coefficient (Wildman–Crippen LogP) is 4.82. The second kappa shape index (κ2) is 10.2. The van der Waals surface area contributed by atoms with Crippen molar-refractivity contribution in [2.24, 2.45) is 0 Å². The SMILES string of the molecule is CCCC(=O)Nc1cccc(CNC(=O)C(C)Oc2cc(Cl)cc(Cl)c2)c1. The van der Waals surface area contributed by atoms with Crippen LogP contribution in [-0.2, 0) is 16.1 Å². The largest absolute Gasteiger partial charge is 0.481 e. The van der Waals surface area contributed by atoms with Crippen LogP contribution in [0.5, 0.6) is 5.75 Å². The lowest BCUT2D eigenvalue weighted by Crippen LogP contribution is -2.35. The van der Waals surface area contributed by atoms with E-state index in [1.165, 1.54) is 0 Å². The van der Waals surface area contributed by atoms with Gasteiger partial charge in [-0.05, 0) is 49.2 Å². The molecule has 0 bridgehead atoms. The molecule has 0 fully saturated rings. The van der Waals surface area contributed by atoms with Crippen molar-refractivity contribution in [2.75, 3.05) is 5.32 Å². The van der Waals surface area contributed by atoms with Gasteiger partial charge in [0.05, 0.1) is 0 Å². The van der Waals surface area contributed by atoms with Gasteiger partial charge in [0, 0.05) is 28.7 Å². The maximum absolute atomic E-state index is 12.3. The molecule has 0 aliphatic heterocycles. The van der Waals surface area contributed by atoms with Crippen molar-refractivity contribution >= 4 is 40.7 Å². The summed E-state index contributed by atoms with van der Waals surface area (Å²) in [7, 11) is 0. The van der Waals surface area contributed by atoms with E-state index in [-0.39, 0.29) is 11.8 Å². The Bertz CT molecular complexity index is 791. The van der Waals surface area contributed by atoms with Gasteiger partial charge in [-0.1, -0.05) is 42.3 Å². The highest BCUT2D eigenvalue weighted by atomic mass is 35.5. The zero-order valence-corrected chi connectivity index (χ0v) is 16.7. The van der Waals surface area contributed by atoms with Gasteiger partial charge in [0.2, 0.25) is 5.91 Å². The smallest absolute Gasteiger partial charge is 0.261 e. The van der Waals surface area contributed by atoms with E-state index in [9.17, 15) is 9.59 Å². The Morgan fingerprint density at radius 3 is 2.48 bits per heavy atom. The molecule has 2 amide bonds. The molecule has 144 valence electrons. The number of ether oxygens (including phenoxy) is 1. The molecule has 2 aromatic rings. The third-order valence-electron chi connectivity index (χ3n) is 3.67. The first-order chi connectivity index (χ1) is 12.9. The van der Waals surface area contributed by atoms with Crippen molar-refractivity contribution in [1.82, 2.24) is 5.32 Å². The number of nitrogens with one attached hydrogen (secondary N) is 2. The summed E-state index contributed by atoms with van der Waals surface area (Å²) in [6.45, 7) is 3.91. The first-order valence-corrected chi connectivity index (χ1v) is 9.42. The number of hydrogen-bond donors (Lipinski definition) is 2. The lowest BCUT2D eigenvalue weighted by atomic mass is 10.2. The standard InChI is InChI=1S/C20H22Cl2N2O3/c1-3-5-19(25)24-17-7-4-6-14(8-17)12-23-20(26)13(2)27-18-10-15(21)9-16(22)11-18/h4,6-11,13H,3,5,12H2,1-2H3,(H,23,26)(H,24,25). The summed E-state index contributed by atoms with van der Waals surface area (Å²) in [6, 6.07) is 12.1. The molecule has 0 aromatic heterocycles. The van der Waals surface area contributed by atoms with Gasteiger partial charge in [-0.15, -0.1) is 0 Å². The number of carbonyl (C=O) groups excluding carboxylic acids is 2. The number of rotatable bonds is 8. The Balaban J connectivity index is 1.89. The highest BCUT2D eigenvalue weighted by Gasteiger charge is 2.15. The summed E-state index contributed by atoms with van der Waals surface area (Å²) < 4.78 is 5.59. The van der Waals surface area contributed by atoms with Crippen LogP contribution in [0.25, 0.3) is 0 Å². The monoisotopic (exact) mass is 408 g/mol. The quantitative estimate of drug-likeness (QED) is 0.657. The number of benzene rings is 2. The fourth-order valence-corrected chi connectivity index (χ4v) is 2.90. The summed E-state index contributed by atoms with van der Waals surface area (Å²) in [4.78, 5) is 24.0. The zero-order chi connectivity index (χ0) is 19.8. The minimum atomic E-state index is -0.716. The number of carbonyl (C=O) groups is 2. The summed E-state index contributed by atoms with van der Waals surface area (Å²) >= 11 is 11.9. The molecule has 2 rings (SSSR count). The number of anilines is 1. The van der Waals surface area contributed by atoms with Gasteiger partial charge in [-0.25, -0.2) is 0 Å². The highest BCUT2D eigenvalue weighted by molar-refractivity contribution is 6.34. The van der Waals surface area contributed by atoms with Crippen LogP contribution in [0, 0.1) is 0 Å². The third-order valence-corrected chi connectivity index (χ3v) is 4.11. The fraction of sp³-hybridized carbons (Fsp3) is 0.300. The highest BCUT2D eigenvalue weighted by Crippen LogP contribution is 2.25. The van der Waals surface area contributed by atoms with E-state index in [2.05, 4.69) is 10.6 Å². The van der Waals surface area contributed by atoms with Crippen LogP contribution >= 0.6 is 23.2 Å². The molecule has 0 saturated heterocycles. The normalized spacial score (nSPS) is 11.6. The minimum absolute atomic E-state index is 0.0270. The molecule has 0 aliphatic rings. The Morgan fingerprint density at radius 2 is 1.81 bits per heavy atom. The van der Waals surface area contributed by atoms with E-state index in [0.29, 0.717) is 34.4 Å². The van der Waals surface area contributed by atoms with E-state index in [1.807, 2.05) is 31.2 Å². The third kappa shape index (κ3) is 7.12. The van der Waals surface area contributed by atoms with Crippen molar-refractivity contribution in [1.29, 1.82) is 0 Å². The Labute approximate surface area is 169 Å². The second-order valence-electron chi connectivity index (χ2n) is 6.08. The summed E-state index contributed by atoms with van der Waals surface area (Å²) in [5.74, 6) is 0.128. The lowest BCUT2D eigenvalue weighted by molar-refractivity contribution is -0.127. The molecule has 5 nitrogen and oxygen atoms in total. The molecule has 7 heteroatoms. The van der Waals surface area contributed by atoms with Gasteiger partial charge in [-0.2, -0.15) is 0 Å². The summed E-state index contributed by atoms with van der Waals surface area (Å²) in [5, 5.41) is 6.52. The molecular formula is C20H22Cl2N2O3. The lowest BCUT2D eigenvalue weighted by Gasteiger charge is -2.15. The van der Waals surface area contributed by atoms with E-state index in [4.69, 9.17) is 27.9 Å². The van der Waals surface area contributed by atoms with Crippen molar-refractivity contribution < 1.29 is 14.3 Å². The van der Waals surface area contributed by atoms with Gasteiger partial charge in [0.15, 0.2) is 6.10 Å². The van der Waals surface area contributed by atoms with Crippen LogP contribution in [0.3, 0.4) is 0 Å². The first kappa shape index (κ1) is 21.1. The van der Waals surface area contributed by atoms with Crippen LogP contribution in [0.2, 0.25) is 10.0 Å². The average molecular weight is 409 g/mol. The van der Waals surface area contributed by atoms with E-state index in [0.717, 1.165) is 12.0 Å². The van der Waals surface area contributed by atoms with Crippen LogP contribution < -0.4 is 15.4 Å². The predicted molar refractivity (Wildman–Crippen MR) is 108 cm³/mol. The van der Waals surface area contributed by atoms with E-state index >= 15 is 0 Å². The van der Waals surface area contributed by atoms with Gasteiger partial charge < -0.3 is 15.4 Å². The van der Waals surface area contributed by atoms with Crippen molar-refractivity contribution in [2.45, 2.75) is 39.3 Å². The maximum atomic E-state index is 12.3. The number of halogens is 2. The molecule has 0 radical (unpaired) electrons. The molecule has 2 N–H and O–H groups in total. The zero-order valence-electron chi connectivity index (χ0n) is 15.2. The summed E-state index contributed by atoms with van der Waals surface area (Å²) in [5.41, 5.74) is 1.58. The average Bonchev–Trinajstić information content (AvgIpc) is 2.59. The van der Waals surface area contributed by atoms with Crippen LogP contribution in [0.15, 0.2) is 42.5 Å². The van der Waals surface area contributed by atoms with Crippen molar-refractivity contribution in [3.63, 3.8) is 0 Å².